The number of nitrogens with one attached hydrogen (secondary N) is 1. The minimum Gasteiger partial charge on any atom is -0.490 e. The molecular formula is C25H22ClN3O4. The van der Waals surface area contributed by atoms with Crippen molar-refractivity contribution in [3.05, 3.63) is 82.8 Å². The van der Waals surface area contributed by atoms with Crippen LogP contribution in [0.15, 0.2) is 60.9 Å². The highest BCUT2D eigenvalue weighted by Gasteiger charge is 2.16. The van der Waals surface area contributed by atoms with E-state index in [1.807, 2.05) is 35.9 Å². The van der Waals surface area contributed by atoms with Crippen molar-refractivity contribution in [2.45, 2.75) is 20.0 Å². The molecule has 0 saturated heterocycles. The standard InChI is InChI=1S/C25H22ClN3O4/c1-16-6-7-24-27-18(14-29(24)13-16)15-33-19-5-2-4-17(10-19)25(30)28-21-12-23-22(11-20(21)26)31-8-3-9-32-23/h2,4-7,10-14H,3,8-9,15H2,1H3,(H,28,30). The van der Waals surface area contributed by atoms with Gasteiger partial charge in [-0.2, -0.15) is 0 Å². The fourth-order valence-electron chi connectivity index (χ4n) is 3.58. The number of halogens is 1. The topological polar surface area (TPSA) is 74.1 Å². The van der Waals surface area contributed by atoms with Gasteiger partial charge in [0.05, 0.1) is 29.6 Å². The number of rotatable bonds is 5. The highest BCUT2D eigenvalue weighted by Crippen LogP contribution is 2.37. The van der Waals surface area contributed by atoms with Crippen LogP contribution < -0.4 is 19.5 Å². The van der Waals surface area contributed by atoms with Gasteiger partial charge in [-0.05, 0) is 36.8 Å². The maximum Gasteiger partial charge on any atom is 0.255 e. The molecule has 0 bridgehead atoms. The van der Waals surface area contributed by atoms with E-state index in [9.17, 15) is 4.79 Å². The van der Waals surface area contributed by atoms with Crippen LogP contribution in [0.25, 0.3) is 5.65 Å². The summed E-state index contributed by atoms with van der Waals surface area (Å²) in [6, 6.07) is 14.3. The summed E-state index contributed by atoms with van der Waals surface area (Å²) in [5, 5.41) is 3.22. The normalized spacial score (nSPS) is 12.9. The number of amides is 1. The first kappa shape index (κ1) is 21.2. The van der Waals surface area contributed by atoms with Crippen LogP contribution in [-0.2, 0) is 6.61 Å². The Bertz CT molecular complexity index is 1330. The number of carbonyl (C=O) groups is 1. The van der Waals surface area contributed by atoms with Gasteiger partial charge in [-0.3, -0.25) is 4.79 Å². The molecular weight excluding hydrogens is 442 g/mol. The summed E-state index contributed by atoms with van der Waals surface area (Å²) in [5.41, 5.74) is 3.71. The Kier molecular flexibility index (Phi) is 5.79. The Balaban J connectivity index is 1.28. The van der Waals surface area contributed by atoms with E-state index in [0.29, 0.717) is 53.3 Å². The Labute approximate surface area is 195 Å². The summed E-state index contributed by atoms with van der Waals surface area (Å²) >= 11 is 6.35. The van der Waals surface area contributed by atoms with Gasteiger partial charge in [-0.25, -0.2) is 4.98 Å². The molecule has 4 aromatic rings. The van der Waals surface area contributed by atoms with Crippen LogP contribution in [0.5, 0.6) is 17.2 Å². The second-order valence-electron chi connectivity index (χ2n) is 7.80. The van der Waals surface area contributed by atoms with Crippen LogP contribution in [0.2, 0.25) is 5.02 Å². The number of imidazole rings is 1. The van der Waals surface area contributed by atoms with E-state index in [0.717, 1.165) is 23.3 Å². The van der Waals surface area contributed by atoms with Crippen molar-refractivity contribution < 1.29 is 19.0 Å². The predicted molar refractivity (Wildman–Crippen MR) is 126 cm³/mol. The highest BCUT2D eigenvalue weighted by atomic mass is 35.5. The van der Waals surface area contributed by atoms with E-state index < -0.39 is 0 Å². The van der Waals surface area contributed by atoms with Crippen molar-refractivity contribution in [2.24, 2.45) is 0 Å². The number of anilines is 1. The van der Waals surface area contributed by atoms with Crippen molar-refractivity contribution in [3.63, 3.8) is 0 Å². The van der Waals surface area contributed by atoms with Gasteiger partial charge in [-0.15, -0.1) is 0 Å². The average Bonchev–Trinajstić information content (AvgIpc) is 3.08. The average molecular weight is 464 g/mol. The lowest BCUT2D eigenvalue weighted by atomic mass is 10.2. The molecule has 0 unspecified atom stereocenters. The Morgan fingerprint density at radius 1 is 1.12 bits per heavy atom. The molecule has 8 heteroatoms. The zero-order valence-electron chi connectivity index (χ0n) is 18.0. The Morgan fingerprint density at radius 3 is 2.79 bits per heavy atom. The van der Waals surface area contributed by atoms with Crippen LogP contribution in [0.3, 0.4) is 0 Å². The third-order valence-electron chi connectivity index (χ3n) is 5.22. The summed E-state index contributed by atoms with van der Waals surface area (Å²) in [6.07, 6.45) is 4.74. The number of carbonyl (C=O) groups excluding carboxylic acids is 1. The van der Waals surface area contributed by atoms with E-state index in [-0.39, 0.29) is 5.91 Å². The van der Waals surface area contributed by atoms with E-state index in [1.165, 1.54) is 0 Å². The predicted octanol–water partition coefficient (Wildman–Crippen LogP) is 5.29. The van der Waals surface area contributed by atoms with E-state index >= 15 is 0 Å². The lowest BCUT2D eigenvalue weighted by molar-refractivity contribution is 0.102. The van der Waals surface area contributed by atoms with Crippen molar-refractivity contribution in [2.75, 3.05) is 18.5 Å². The van der Waals surface area contributed by atoms with Crippen molar-refractivity contribution in [3.8, 4) is 17.2 Å². The monoisotopic (exact) mass is 463 g/mol. The van der Waals surface area contributed by atoms with Gasteiger partial charge in [0.1, 0.15) is 18.0 Å². The van der Waals surface area contributed by atoms with Crippen LogP contribution in [0.4, 0.5) is 5.69 Å². The molecule has 168 valence electrons. The number of nitrogens with zero attached hydrogens (tertiary/aromatic N) is 2. The van der Waals surface area contributed by atoms with Gasteiger partial charge in [0, 0.05) is 36.5 Å². The fraction of sp³-hybridized carbons (Fsp3) is 0.200. The van der Waals surface area contributed by atoms with E-state index in [2.05, 4.69) is 10.3 Å². The first-order valence-electron chi connectivity index (χ1n) is 10.6. The first-order valence-corrected chi connectivity index (χ1v) is 11.0. The van der Waals surface area contributed by atoms with Crippen LogP contribution in [0.1, 0.15) is 28.0 Å². The third kappa shape index (κ3) is 4.73. The van der Waals surface area contributed by atoms with Gasteiger partial charge in [0.2, 0.25) is 0 Å². The number of aromatic nitrogens is 2. The summed E-state index contributed by atoms with van der Waals surface area (Å²) in [6.45, 7) is 3.44. The smallest absolute Gasteiger partial charge is 0.255 e. The fourth-order valence-corrected chi connectivity index (χ4v) is 3.78. The van der Waals surface area contributed by atoms with Crippen molar-refractivity contribution >= 4 is 28.8 Å². The van der Waals surface area contributed by atoms with Crippen molar-refractivity contribution in [1.82, 2.24) is 9.38 Å². The molecule has 0 radical (unpaired) electrons. The Morgan fingerprint density at radius 2 is 1.94 bits per heavy atom. The van der Waals surface area contributed by atoms with E-state index in [4.69, 9.17) is 25.8 Å². The molecule has 33 heavy (non-hydrogen) atoms. The molecule has 0 saturated carbocycles. The number of hydrogen-bond acceptors (Lipinski definition) is 5. The first-order chi connectivity index (χ1) is 16.0. The lowest BCUT2D eigenvalue weighted by Gasteiger charge is -2.13. The summed E-state index contributed by atoms with van der Waals surface area (Å²) in [7, 11) is 0. The maximum atomic E-state index is 12.9. The molecule has 7 nitrogen and oxygen atoms in total. The van der Waals surface area contributed by atoms with Gasteiger partial charge in [0.25, 0.3) is 5.91 Å². The molecule has 1 aliphatic heterocycles. The van der Waals surface area contributed by atoms with Gasteiger partial charge in [-0.1, -0.05) is 23.7 Å². The minimum absolute atomic E-state index is 0.291. The molecule has 5 rings (SSSR count). The minimum atomic E-state index is -0.306. The zero-order valence-corrected chi connectivity index (χ0v) is 18.8. The van der Waals surface area contributed by atoms with E-state index in [1.54, 1.807) is 36.4 Å². The number of aryl methyl sites for hydroxylation is 1. The number of pyridine rings is 1. The lowest BCUT2D eigenvalue weighted by Crippen LogP contribution is -2.12. The highest BCUT2D eigenvalue weighted by molar-refractivity contribution is 6.34. The summed E-state index contributed by atoms with van der Waals surface area (Å²) in [4.78, 5) is 17.4. The number of benzene rings is 2. The number of fused-ring (bicyclic) bond motifs is 2. The number of ether oxygens (including phenoxy) is 3. The van der Waals surface area contributed by atoms with Gasteiger partial charge in [0.15, 0.2) is 11.5 Å². The second-order valence-corrected chi connectivity index (χ2v) is 8.21. The molecule has 1 aliphatic rings. The molecule has 0 aliphatic carbocycles. The van der Waals surface area contributed by atoms with Crippen molar-refractivity contribution in [1.29, 1.82) is 0 Å². The molecule has 2 aromatic carbocycles. The zero-order chi connectivity index (χ0) is 22.8. The maximum absolute atomic E-state index is 12.9. The summed E-state index contributed by atoms with van der Waals surface area (Å²) in [5.74, 6) is 1.40. The van der Waals surface area contributed by atoms with Gasteiger partial charge < -0.3 is 23.9 Å². The molecule has 0 spiro atoms. The SMILES string of the molecule is Cc1ccc2nc(COc3cccc(C(=O)Nc4cc5c(cc4Cl)OCCCO5)c3)cn2c1. The summed E-state index contributed by atoms with van der Waals surface area (Å²) < 4.78 is 19.2. The second kappa shape index (κ2) is 9.03. The van der Waals surface area contributed by atoms with Gasteiger partial charge >= 0.3 is 0 Å². The quantitative estimate of drug-likeness (QED) is 0.435. The molecule has 1 N–H and O–H groups in total. The Hall–Kier alpha value is -3.71. The molecule has 0 atom stereocenters. The molecule has 1 amide bonds. The molecule has 0 fully saturated rings. The molecule has 2 aromatic heterocycles. The molecule has 3 heterocycles. The largest absolute Gasteiger partial charge is 0.490 e. The van der Waals surface area contributed by atoms with Crippen LogP contribution >= 0.6 is 11.6 Å². The van der Waals surface area contributed by atoms with Crippen LogP contribution in [0, 0.1) is 6.92 Å². The third-order valence-corrected chi connectivity index (χ3v) is 5.53. The van der Waals surface area contributed by atoms with Crippen LogP contribution in [-0.4, -0.2) is 28.5 Å². The number of hydrogen-bond donors (Lipinski definition) is 1.